The lowest BCUT2D eigenvalue weighted by Crippen LogP contribution is -2.69. The zero-order valence-electron chi connectivity index (χ0n) is 18.3. The first-order valence-corrected chi connectivity index (χ1v) is 11.5. The number of nitrogens with zero attached hydrogens (tertiary/aromatic N) is 2. The van der Waals surface area contributed by atoms with Gasteiger partial charge in [0.2, 0.25) is 5.91 Å². The van der Waals surface area contributed by atoms with E-state index in [2.05, 4.69) is 10.6 Å². The largest absolute Gasteiger partial charge is 0.347 e. The Kier molecular flexibility index (Phi) is 5.20. The number of rotatable bonds is 5. The molecular formula is C24H27F3N4O2. The van der Waals surface area contributed by atoms with Gasteiger partial charge in [0, 0.05) is 23.1 Å². The summed E-state index contributed by atoms with van der Waals surface area (Å²) in [4.78, 5) is 26.6. The molecule has 1 aromatic carbocycles. The molecule has 176 valence electrons. The molecule has 4 bridgehead atoms. The second kappa shape index (κ2) is 7.73. The van der Waals surface area contributed by atoms with Gasteiger partial charge in [0.1, 0.15) is 11.9 Å². The summed E-state index contributed by atoms with van der Waals surface area (Å²) in [7, 11) is 0. The maximum absolute atomic E-state index is 13.8. The van der Waals surface area contributed by atoms with Crippen molar-refractivity contribution < 1.29 is 22.8 Å². The minimum Gasteiger partial charge on any atom is -0.347 e. The van der Waals surface area contributed by atoms with Gasteiger partial charge in [-0.25, -0.2) is 13.2 Å². The first-order valence-electron chi connectivity index (χ1n) is 11.5. The zero-order valence-corrected chi connectivity index (χ0v) is 18.3. The maximum atomic E-state index is 13.8. The Labute approximate surface area is 190 Å². The molecule has 5 fully saturated rings. The van der Waals surface area contributed by atoms with Gasteiger partial charge in [0.05, 0.1) is 19.2 Å². The van der Waals surface area contributed by atoms with Gasteiger partial charge in [-0.3, -0.25) is 9.59 Å². The predicted molar refractivity (Wildman–Crippen MR) is 113 cm³/mol. The number of hydrogen-bond acceptors (Lipinski definition) is 4. The molecule has 4 saturated carbocycles. The lowest BCUT2D eigenvalue weighted by molar-refractivity contribution is -0.133. The van der Waals surface area contributed by atoms with E-state index in [9.17, 15) is 28.0 Å². The van der Waals surface area contributed by atoms with Crippen molar-refractivity contribution in [2.75, 3.05) is 13.1 Å². The molecule has 1 heterocycles. The zero-order chi connectivity index (χ0) is 23.4. The van der Waals surface area contributed by atoms with Gasteiger partial charge in [-0.1, -0.05) is 6.07 Å². The van der Waals surface area contributed by atoms with Crippen LogP contribution in [-0.2, 0) is 4.79 Å². The minimum absolute atomic E-state index is 0.110. The Morgan fingerprint density at radius 3 is 2.48 bits per heavy atom. The van der Waals surface area contributed by atoms with Crippen LogP contribution >= 0.6 is 0 Å². The Hall–Kier alpha value is -2.60. The molecule has 4 aliphatic carbocycles. The van der Waals surface area contributed by atoms with Gasteiger partial charge in [-0.15, -0.1) is 0 Å². The van der Waals surface area contributed by atoms with E-state index in [4.69, 9.17) is 0 Å². The number of carbonyl (C=O) groups is 2. The van der Waals surface area contributed by atoms with E-state index in [1.807, 2.05) is 6.07 Å². The quantitative estimate of drug-likeness (QED) is 0.708. The van der Waals surface area contributed by atoms with Crippen molar-refractivity contribution >= 4 is 11.8 Å². The molecule has 1 saturated heterocycles. The Balaban J connectivity index is 1.29. The van der Waals surface area contributed by atoms with E-state index in [-0.39, 0.29) is 23.6 Å². The third kappa shape index (κ3) is 4.21. The van der Waals surface area contributed by atoms with Crippen LogP contribution in [0.25, 0.3) is 0 Å². The SMILES string of the molecule is N#CC1CC(F)(F)CN1C(=O)CNC12CC3CC(C1)CC(NC(=O)c1cccc(F)c1)(C3)C2. The highest BCUT2D eigenvalue weighted by atomic mass is 19.3. The smallest absolute Gasteiger partial charge is 0.268 e. The summed E-state index contributed by atoms with van der Waals surface area (Å²) < 4.78 is 41.1. The number of alkyl halides is 2. The molecule has 1 aromatic rings. The summed E-state index contributed by atoms with van der Waals surface area (Å²) in [5, 5.41) is 15.7. The molecule has 0 spiro atoms. The summed E-state index contributed by atoms with van der Waals surface area (Å²) in [6, 6.07) is 6.32. The van der Waals surface area contributed by atoms with Crippen molar-refractivity contribution in [1.29, 1.82) is 5.26 Å². The third-order valence-electron chi connectivity index (χ3n) is 7.88. The number of nitrogens with one attached hydrogen (secondary N) is 2. The van der Waals surface area contributed by atoms with Gasteiger partial charge in [-0.05, 0) is 68.6 Å². The van der Waals surface area contributed by atoms with Crippen LogP contribution in [-0.4, -0.2) is 52.8 Å². The highest BCUT2D eigenvalue weighted by Gasteiger charge is 2.58. The van der Waals surface area contributed by atoms with Gasteiger partial charge in [0.25, 0.3) is 11.8 Å². The normalized spacial score (nSPS) is 35.9. The molecule has 0 aromatic heterocycles. The molecule has 2 N–H and O–H groups in total. The monoisotopic (exact) mass is 460 g/mol. The van der Waals surface area contributed by atoms with E-state index < -0.39 is 42.2 Å². The number of hydrogen-bond donors (Lipinski definition) is 2. The van der Waals surface area contributed by atoms with Crippen LogP contribution < -0.4 is 10.6 Å². The van der Waals surface area contributed by atoms with Crippen molar-refractivity contribution in [1.82, 2.24) is 15.5 Å². The first-order chi connectivity index (χ1) is 15.6. The average Bonchev–Trinajstić information content (AvgIpc) is 3.05. The molecule has 6 rings (SSSR count). The standard InChI is InChI=1S/C24H27F3N4O2/c25-18-3-1-2-17(5-18)21(33)30-23-8-15-4-16(9-23)7-22(6-15,13-23)29-12-20(32)31-14-24(26,27)10-19(31)11-28/h1-3,5,15-16,19,29H,4,6-10,12-14H2,(H,30,33). The van der Waals surface area contributed by atoms with Crippen molar-refractivity contribution in [2.24, 2.45) is 11.8 Å². The number of likely N-dealkylation sites (tertiary alicyclic amines) is 1. The van der Waals surface area contributed by atoms with Crippen molar-refractivity contribution in [3.63, 3.8) is 0 Å². The molecule has 5 aliphatic rings. The molecule has 1 aliphatic heterocycles. The highest BCUT2D eigenvalue weighted by molar-refractivity contribution is 5.94. The molecule has 33 heavy (non-hydrogen) atoms. The number of halogens is 3. The fraction of sp³-hybridized carbons (Fsp3) is 0.625. The maximum Gasteiger partial charge on any atom is 0.268 e. The van der Waals surface area contributed by atoms with Crippen LogP contribution in [0.2, 0.25) is 0 Å². The van der Waals surface area contributed by atoms with Crippen molar-refractivity contribution in [3.8, 4) is 6.07 Å². The lowest BCUT2D eigenvalue weighted by Gasteiger charge is -2.62. The second-order valence-electron chi connectivity index (χ2n) is 10.6. The Morgan fingerprint density at radius 2 is 1.82 bits per heavy atom. The average molecular weight is 461 g/mol. The van der Waals surface area contributed by atoms with Crippen molar-refractivity contribution in [2.45, 2.75) is 68.0 Å². The van der Waals surface area contributed by atoms with Crippen LogP contribution in [0.5, 0.6) is 0 Å². The molecule has 3 unspecified atom stereocenters. The van der Waals surface area contributed by atoms with Crippen LogP contribution in [0.3, 0.4) is 0 Å². The van der Waals surface area contributed by atoms with E-state index in [0.717, 1.165) is 37.0 Å². The Bertz CT molecular complexity index is 1010. The summed E-state index contributed by atoms with van der Waals surface area (Å²) in [6.45, 7) is -0.834. The minimum atomic E-state index is -3.04. The molecular weight excluding hydrogens is 433 g/mol. The second-order valence-corrected chi connectivity index (χ2v) is 10.6. The highest BCUT2D eigenvalue weighted by Crippen LogP contribution is 2.57. The molecule has 3 atom stereocenters. The van der Waals surface area contributed by atoms with Gasteiger partial charge < -0.3 is 15.5 Å². The van der Waals surface area contributed by atoms with E-state index in [0.29, 0.717) is 18.3 Å². The summed E-state index contributed by atoms with van der Waals surface area (Å²) in [5.74, 6) is -3.52. The fourth-order valence-electron chi connectivity index (χ4n) is 7.12. The van der Waals surface area contributed by atoms with Crippen LogP contribution in [0, 0.1) is 29.0 Å². The van der Waals surface area contributed by atoms with Gasteiger partial charge >= 0.3 is 0 Å². The van der Waals surface area contributed by atoms with Crippen LogP contribution in [0.15, 0.2) is 24.3 Å². The van der Waals surface area contributed by atoms with E-state index in [1.165, 1.54) is 18.2 Å². The first kappa shape index (κ1) is 22.2. The van der Waals surface area contributed by atoms with E-state index >= 15 is 0 Å². The van der Waals surface area contributed by atoms with Crippen LogP contribution in [0.4, 0.5) is 13.2 Å². The molecule has 0 radical (unpaired) electrons. The van der Waals surface area contributed by atoms with E-state index in [1.54, 1.807) is 6.07 Å². The van der Waals surface area contributed by atoms with Crippen LogP contribution in [0.1, 0.15) is 55.3 Å². The van der Waals surface area contributed by atoms with Gasteiger partial charge in [-0.2, -0.15) is 5.26 Å². The molecule has 6 nitrogen and oxygen atoms in total. The van der Waals surface area contributed by atoms with Crippen molar-refractivity contribution in [3.05, 3.63) is 35.6 Å². The number of carbonyl (C=O) groups excluding carboxylic acids is 2. The number of amides is 2. The Morgan fingerprint density at radius 1 is 1.12 bits per heavy atom. The number of nitriles is 1. The number of benzene rings is 1. The summed E-state index contributed by atoms with van der Waals surface area (Å²) in [5.41, 5.74) is -0.515. The van der Waals surface area contributed by atoms with Gasteiger partial charge in [0.15, 0.2) is 0 Å². The topological polar surface area (TPSA) is 85.2 Å². The molecule has 2 amide bonds. The third-order valence-corrected chi connectivity index (χ3v) is 7.88. The lowest BCUT2D eigenvalue weighted by atomic mass is 9.50. The summed E-state index contributed by atoms with van der Waals surface area (Å²) >= 11 is 0. The predicted octanol–water partition coefficient (Wildman–Crippen LogP) is 3.00. The summed E-state index contributed by atoms with van der Waals surface area (Å²) in [6.07, 6.45) is 4.51. The fourth-order valence-corrected chi connectivity index (χ4v) is 7.12. The molecule has 9 heteroatoms.